The molecule has 5 nitrogen and oxygen atoms in total. The molecule has 0 aromatic carbocycles. The molecule has 0 radical (unpaired) electrons. The lowest BCUT2D eigenvalue weighted by Crippen LogP contribution is -2.64. The van der Waals surface area contributed by atoms with Crippen molar-refractivity contribution >= 4 is 18.3 Å². The molecule has 1 heterocycles. The highest BCUT2D eigenvalue weighted by atomic mass is 35.5. The average molecular weight is 349 g/mol. The smallest absolute Gasteiger partial charge is 0.224 e. The highest BCUT2D eigenvalue weighted by Crippen LogP contribution is 2.46. The van der Waals surface area contributed by atoms with E-state index in [4.69, 9.17) is 9.47 Å². The fraction of sp³-hybridized carbons (Fsp3) is 0.941. The molecule has 0 spiro atoms. The van der Waals surface area contributed by atoms with Crippen molar-refractivity contribution in [1.29, 1.82) is 0 Å². The van der Waals surface area contributed by atoms with Crippen molar-refractivity contribution in [2.24, 2.45) is 5.41 Å². The van der Waals surface area contributed by atoms with E-state index in [9.17, 15) is 4.79 Å². The Bertz CT molecular complexity index is 373. The summed E-state index contributed by atoms with van der Waals surface area (Å²) in [5, 5.41) is 3.37. The topological polar surface area (TPSA) is 50.8 Å². The van der Waals surface area contributed by atoms with Crippen LogP contribution in [0.3, 0.4) is 0 Å². The minimum absolute atomic E-state index is 0. The molecule has 2 aliphatic rings. The third-order valence-electron chi connectivity index (χ3n) is 5.07. The zero-order valence-electron chi connectivity index (χ0n) is 15.0. The molecule has 1 saturated heterocycles. The molecule has 0 bridgehead atoms. The molecule has 23 heavy (non-hydrogen) atoms. The van der Waals surface area contributed by atoms with Gasteiger partial charge in [-0.25, -0.2) is 0 Å². The van der Waals surface area contributed by atoms with Crippen LogP contribution in [0.15, 0.2) is 0 Å². The molecule has 1 amide bonds. The monoisotopic (exact) mass is 348 g/mol. The highest BCUT2D eigenvalue weighted by Gasteiger charge is 2.52. The predicted molar refractivity (Wildman–Crippen MR) is 94.1 cm³/mol. The van der Waals surface area contributed by atoms with Crippen LogP contribution in [0, 0.1) is 5.41 Å². The summed E-state index contributed by atoms with van der Waals surface area (Å²) >= 11 is 0. The maximum Gasteiger partial charge on any atom is 0.224 e. The summed E-state index contributed by atoms with van der Waals surface area (Å²) in [7, 11) is 0. The molecule has 2 rings (SSSR count). The molecule has 6 heteroatoms. The van der Waals surface area contributed by atoms with Gasteiger partial charge in [-0.1, -0.05) is 20.8 Å². The molecule has 1 aliphatic heterocycles. The van der Waals surface area contributed by atoms with Gasteiger partial charge >= 0.3 is 0 Å². The van der Waals surface area contributed by atoms with E-state index < -0.39 is 0 Å². The first-order chi connectivity index (χ1) is 10.5. The number of ether oxygens (including phenoxy) is 2. The number of nitrogens with zero attached hydrogens (tertiary/aromatic N) is 1. The van der Waals surface area contributed by atoms with Crippen molar-refractivity contribution in [2.45, 2.75) is 65.1 Å². The van der Waals surface area contributed by atoms with E-state index in [-0.39, 0.29) is 35.9 Å². The Morgan fingerprint density at radius 3 is 2.65 bits per heavy atom. The van der Waals surface area contributed by atoms with E-state index in [1.165, 1.54) is 0 Å². The number of carbonyl (C=O) groups is 1. The van der Waals surface area contributed by atoms with Gasteiger partial charge in [0.15, 0.2) is 0 Å². The standard InChI is InChI=1S/C17H32N2O3.ClH/c1-5-8-19(14-11-15(22-6-2)17(14,3)4)16(20)10-13-12-21-9-7-18-13;/h13-15,18H,5-12H2,1-4H3;1H. The Morgan fingerprint density at radius 1 is 1.39 bits per heavy atom. The van der Waals surface area contributed by atoms with Crippen molar-refractivity contribution in [3.63, 3.8) is 0 Å². The summed E-state index contributed by atoms with van der Waals surface area (Å²) < 4.78 is 11.3. The van der Waals surface area contributed by atoms with Gasteiger partial charge in [-0.05, 0) is 19.8 Å². The van der Waals surface area contributed by atoms with Crippen LogP contribution in [0.5, 0.6) is 0 Å². The number of hydrogen-bond donors (Lipinski definition) is 1. The average Bonchev–Trinajstić information content (AvgIpc) is 2.50. The van der Waals surface area contributed by atoms with Crippen molar-refractivity contribution in [1.82, 2.24) is 10.2 Å². The van der Waals surface area contributed by atoms with Gasteiger partial charge in [0.2, 0.25) is 5.91 Å². The predicted octanol–water partition coefficient (Wildman–Crippen LogP) is 2.23. The number of rotatable bonds is 7. The van der Waals surface area contributed by atoms with Crippen molar-refractivity contribution in [3.05, 3.63) is 0 Å². The van der Waals surface area contributed by atoms with Gasteiger partial charge in [-0.2, -0.15) is 0 Å². The number of amides is 1. The number of nitrogens with one attached hydrogen (secondary N) is 1. The second-order valence-corrected chi connectivity index (χ2v) is 7.03. The minimum atomic E-state index is 0. The van der Waals surface area contributed by atoms with Crippen molar-refractivity contribution < 1.29 is 14.3 Å². The number of halogens is 1. The Morgan fingerprint density at radius 2 is 2.13 bits per heavy atom. The number of carbonyl (C=O) groups excluding carboxylic acids is 1. The van der Waals surface area contributed by atoms with Gasteiger partial charge < -0.3 is 19.7 Å². The maximum atomic E-state index is 12.8. The Balaban J connectivity index is 0.00000264. The molecular formula is C17H33ClN2O3. The lowest BCUT2D eigenvalue weighted by atomic mass is 9.63. The van der Waals surface area contributed by atoms with Gasteiger partial charge in [0, 0.05) is 43.6 Å². The lowest BCUT2D eigenvalue weighted by Gasteiger charge is -2.56. The van der Waals surface area contributed by atoms with Crippen molar-refractivity contribution in [3.8, 4) is 0 Å². The highest BCUT2D eigenvalue weighted by molar-refractivity contribution is 5.85. The zero-order valence-corrected chi connectivity index (χ0v) is 15.8. The van der Waals surface area contributed by atoms with Crippen LogP contribution in [0.4, 0.5) is 0 Å². The second-order valence-electron chi connectivity index (χ2n) is 7.03. The van der Waals surface area contributed by atoms with Gasteiger partial charge in [0.1, 0.15) is 0 Å². The number of morpholine rings is 1. The van der Waals surface area contributed by atoms with Gasteiger partial charge in [-0.15, -0.1) is 12.4 Å². The lowest BCUT2D eigenvalue weighted by molar-refractivity contribution is -0.168. The zero-order chi connectivity index (χ0) is 16.2. The maximum absolute atomic E-state index is 12.8. The van der Waals surface area contributed by atoms with Crippen LogP contribution in [-0.4, -0.2) is 61.9 Å². The molecule has 3 atom stereocenters. The quantitative estimate of drug-likeness (QED) is 0.766. The molecular weight excluding hydrogens is 316 g/mol. The molecule has 0 aromatic rings. The SMILES string of the molecule is CCCN(C(=O)CC1COCCN1)C1CC(OCC)C1(C)C.Cl. The third-order valence-corrected chi connectivity index (χ3v) is 5.07. The molecule has 1 N–H and O–H groups in total. The molecule has 136 valence electrons. The van der Waals surface area contributed by atoms with E-state index in [0.29, 0.717) is 19.1 Å². The van der Waals surface area contributed by atoms with Gasteiger partial charge in [0.25, 0.3) is 0 Å². The minimum Gasteiger partial charge on any atom is -0.378 e. The van der Waals surface area contributed by atoms with E-state index in [1.54, 1.807) is 0 Å². The Hall–Kier alpha value is -0.360. The molecule has 3 unspecified atom stereocenters. The first-order valence-electron chi connectivity index (χ1n) is 8.72. The summed E-state index contributed by atoms with van der Waals surface area (Å²) in [5.41, 5.74) is 0.0390. The van der Waals surface area contributed by atoms with E-state index in [2.05, 4.69) is 31.0 Å². The summed E-state index contributed by atoms with van der Waals surface area (Å²) in [6.07, 6.45) is 2.75. The molecule has 1 saturated carbocycles. The molecule has 2 fully saturated rings. The van der Waals surface area contributed by atoms with Crippen LogP contribution < -0.4 is 5.32 Å². The molecule has 0 aromatic heterocycles. The first kappa shape index (κ1) is 20.7. The number of hydrogen-bond acceptors (Lipinski definition) is 4. The van der Waals surface area contributed by atoms with Crippen LogP contribution in [-0.2, 0) is 14.3 Å². The summed E-state index contributed by atoms with van der Waals surface area (Å²) in [4.78, 5) is 14.9. The van der Waals surface area contributed by atoms with Crippen LogP contribution in [0.1, 0.15) is 47.0 Å². The van der Waals surface area contributed by atoms with Crippen LogP contribution >= 0.6 is 12.4 Å². The largest absolute Gasteiger partial charge is 0.378 e. The first-order valence-corrected chi connectivity index (χ1v) is 8.72. The fourth-order valence-electron chi connectivity index (χ4n) is 3.65. The fourth-order valence-corrected chi connectivity index (χ4v) is 3.65. The van der Waals surface area contributed by atoms with E-state index in [1.807, 2.05) is 6.92 Å². The third kappa shape index (κ3) is 4.81. The summed E-state index contributed by atoms with van der Waals surface area (Å²) in [6.45, 7) is 12.4. The van der Waals surface area contributed by atoms with Crippen molar-refractivity contribution in [2.75, 3.05) is 32.9 Å². The molecule has 1 aliphatic carbocycles. The Kier molecular flexibility index (Phi) is 8.28. The van der Waals surface area contributed by atoms with E-state index in [0.717, 1.165) is 39.1 Å². The van der Waals surface area contributed by atoms with E-state index >= 15 is 0 Å². The summed E-state index contributed by atoms with van der Waals surface area (Å²) in [5.74, 6) is 0.248. The van der Waals surface area contributed by atoms with Gasteiger partial charge in [0.05, 0.1) is 19.3 Å². The second kappa shape index (κ2) is 9.21. The normalized spacial score (nSPS) is 29.3. The summed E-state index contributed by atoms with van der Waals surface area (Å²) in [6, 6.07) is 0.451. The van der Waals surface area contributed by atoms with Gasteiger partial charge in [-0.3, -0.25) is 4.79 Å². The Labute approximate surface area is 146 Å². The van der Waals surface area contributed by atoms with Crippen LogP contribution in [0.25, 0.3) is 0 Å². The van der Waals surface area contributed by atoms with Crippen LogP contribution in [0.2, 0.25) is 0 Å².